The van der Waals surface area contributed by atoms with Gasteiger partial charge in [0.2, 0.25) is 0 Å². The number of aromatic nitrogens is 1. The van der Waals surface area contributed by atoms with E-state index in [1.807, 2.05) is 36.4 Å². The predicted molar refractivity (Wildman–Crippen MR) is 141 cm³/mol. The number of benzene rings is 2. The van der Waals surface area contributed by atoms with Crippen LogP contribution in [0.2, 0.25) is 10.0 Å². The molecule has 1 aliphatic carbocycles. The fourth-order valence-corrected chi connectivity index (χ4v) is 5.53. The van der Waals surface area contributed by atoms with E-state index in [1.54, 1.807) is 18.3 Å². The van der Waals surface area contributed by atoms with Crippen molar-refractivity contribution in [1.29, 1.82) is 0 Å². The number of aryl methyl sites for hydroxylation is 1. The maximum absolute atomic E-state index is 15.7. The molecule has 0 N–H and O–H groups in total. The van der Waals surface area contributed by atoms with Crippen LogP contribution in [0, 0.1) is 5.82 Å². The van der Waals surface area contributed by atoms with Crippen LogP contribution in [0.3, 0.4) is 0 Å². The van der Waals surface area contributed by atoms with Gasteiger partial charge in [0.1, 0.15) is 11.5 Å². The van der Waals surface area contributed by atoms with Gasteiger partial charge >= 0.3 is 0 Å². The van der Waals surface area contributed by atoms with Gasteiger partial charge in [-0.1, -0.05) is 59.6 Å². The highest BCUT2D eigenvalue weighted by molar-refractivity contribution is 6.36. The first-order valence-electron chi connectivity index (χ1n) is 11.9. The fourth-order valence-electron chi connectivity index (χ4n) is 5.01. The van der Waals surface area contributed by atoms with Gasteiger partial charge in [-0.2, -0.15) is 0 Å². The molecule has 2 aliphatic rings. The van der Waals surface area contributed by atoms with Gasteiger partial charge in [-0.25, -0.2) is 4.39 Å². The van der Waals surface area contributed by atoms with Crippen molar-refractivity contribution in [1.82, 2.24) is 9.88 Å². The van der Waals surface area contributed by atoms with Crippen LogP contribution in [0.25, 0.3) is 17.2 Å². The molecule has 0 bridgehead atoms. The van der Waals surface area contributed by atoms with Gasteiger partial charge < -0.3 is 0 Å². The summed E-state index contributed by atoms with van der Waals surface area (Å²) in [5, 5.41) is 1.12. The lowest BCUT2D eigenvalue weighted by atomic mass is 9.89. The Labute approximate surface area is 214 Å². The molecule has 1 aliphatic heterocycles. The summed E-state index contributed by atoms with van der Waals surface area (Å²) < 4.78 is 28.1. The standard InChI is InChI=1S/C29H26Cl2F2N2/c30-22-9-10-24(26(31)15-22)25-8-3-6-21-5-1-2-7-23(21)28(25)29-27(33)14-19(16-34-29)13-20-17-35(18-20)12-4-11-32/h1-2,5,7,9-10,13-16H,3-4,6,8,11-12,17-18H2. The number of likely N-dealkylation sites (tertiary alicyclic amines) is 1. The second-order valence-corrected chi connectivity index (χ2v) is 9.99. The van der Waals surface area contributed by atoms with Crippen LogP contribution >= 0.6 is 23.2 Å². The second kappa shape index (κ2) is 10.6. The molecule has 0 saturated carbocycles. The molecule has 2 aromatic carbocycles. The molecule has 1 aromatic heterocycles. The first-order valence-corrected chi connectivity index (χ1v) is 12.7. The number of rotatable bonds is 6. The summed E-state index contributed by atoms with van der Waals surface area (Å²) in [7, 11) is 0. The Morgan fingerprint density at radius 3 is 2.60 bits per heavy atom. The molecule has 0 radical (unpaired) electrons. The Morgan fingerprint density at radius 2 is 1.83 bits per heavy atom. The van der Waals surface area contributed by atoms with Gasteiger partial charge in [-0.05, 0) is 77.3 Å². The van der Waals surface area contributed by atoms with Crippen LogP contribution in [0.4, 0.5) is 8.78 Å². The van der Waals surface area contributed by atoms with Gasteiger partial charge in [0.25, 0.3) is 0 Å². The highest BCUT2D eigenvalue weighted by atomic mass is 35.5. The average molecular weight is 511 g/mol. The summed E-state index contributed by atoms with van der Waals surface area (Å²) in [6.07, 6.45) is 6.86. The van der Waals surface area contributed by atoms with Crippen molar-refractivity contribution in [3.05, 3.63) is 104 Å². The molecular weight excluding hydrogens is 485 g/mol. The lowest BCUT2D eigenvalue weighted by Gasteiger charge is -2.33. The van der Waals surface area contributed by atoms with E-state index in [2.05, 4.69) is 16.0 Å². The third-order valence-corrected chi connectivity index (χ3v) is 7.20. The molecular formula is C29H26Cl2F2N2. The molecule has 5 rings (SSSR count). The first-order chi connectivity index (χ1) is 17.0. The molecule has 2 nitrogen and oxygen atoms in total. The highest BCUT2D eigenvalue weighted by Gasteiger charge is 2.25. The Balaban J connectivity index is 1.56. The summed E-state index contributed by atoms with van der Waals surface area (Å²) >= 11 is 12.8. The third-order valence-electron chi connectivity index (χ3n) is 6.65. The maximum atomic E-state index is 15.7. The fraction of sp³-hybridized carbons (Fsp3) is 0.276. The zero-order valence-electron chi connectivity index (χ0n) is 19.3. The minimum atomic E-state index is -0.359. The molecule has 0 unspecified atom stereocenters. The number of hydrogen-bond acceptors (Lipinski definition) is 2. The smallest absolute Gasteiger partial charge is 0.150 e. The summed E-state index contributed by atoms with van der Waals surface area (Å²) in [4.78, 5) is 6.82. The number of fused-ring (bicyclic) bond motifs is 1. The van der Waals surface area contributed by atoms with E-state index in [1.165, 1.54) is 11.1 Å². The minimum absolute atomic E-state index is 0.297. The zero-order chi connectivity index (χ0) is 24.4. The molecule has 3 aromatic rings. The van der Waals surface area contributed by atoms with E-state index in [0.29, 0.717) is 22.2 Å². The average Bonchev–Trinajstić information content (AvgIpc) is 3.00. The highest BCUT2D eigenvalue weighted by Crippen LogP contribution is 2.42. The molecule has 0 spiro atoms. The van der Waals surface area contributed by atoms with Gasteiger partial charge in [-0.3, -0.25) is 14.3 Å². The lowest BCUT2D eigenvalue weighted by molar-refractivity contribution is 0.239. The molecule has 0 amide bonds. The van der Waals surface area contributed by atoms with Gasteiger partial charge in [0.05, 0.1) is 6.67 Å². The molecule has 2 heterocycles. The second-order valence-electron chi connectivity index (χ2n) is 9.14. The SMILES string of the molecule is FCCCN1CC(=Cc2cnc(C3=C(c4ccc(Cl)cc4Cl)CCCc4ccccc43)c(F)c2)C1. The van der Waals surface area contributed by atoms with E-state index in [9.17, 15) is 4.39 Å². The molecule has 180 valence electrons. The number of pyridine rings is 1. The van der Waals surface area contributed by atoms with Crippen LogP contribution < -0.4 is 0 Å². The maximum Gasteiger partial charge on any atom is 0.150 e. The van der Waals surface area contributed by atoms with E-state index in [0.717, 1.165) is 66.7 Å². The number of alkyl halides is 1. The topological polar surface area (TPSA) is 16.1 Å². The summed E-state index contributed by atoms with van der Waals surface area (Å²) in [5.41, 5.74) is 7.07. The Hall–Kier alpha value is -2.53. The minimum Gasteiger partial charge on any atom is -0.295 e. The summed E-state index contributed by atoms with van der Waals surface area (Å²) in [6.45, 7) is 2.04. The quantitative estimate of drug-likeness (QED) is 0.335. The molecule has 0 atom stereocenters. The van der Waals surface area contributed by atoms with Crippen molar-refractivity contribution in [2.45, 2.75) is 25.7 Å². The third kappa shape index (κ3) is 5.20. The van der Waals surface area contributed by atoms with Gasteiger partial charge in [-0.15, -0.1) is 0 Å². The number of hydrogen-bond donors (Lipinski definition) is 0. The lowest BCUT2D eigenvalue weighted by Crippen LogP contribution is -2.40. The molecule has 6 heteroatoms. The van der Waals surface area contributed by atoms with Crippen molar-refractivity contribution < 1.29 is 8.78 Å². The molecule has 35 heavy (non-hydrogen) atoms. The predicted octanol–water partition coefficient (Wildman–Crippen LogP) is 7.88. The van der Waals surface area contributed by atoms with E-state index in [-0.39, 0.29) is 12.5 Å². The van der Waals surface area contributed by atoms with Crippen LogP contribution in [-0.2, 0) is 6.42 Å². The monoisotopic (exact) mass is 510 g/mol. The Morgan fingerprint density at radius 1 is 1.00 bits per heavy atom. The van der Waals surface area contributed by atoms with Crippen LogP contribution in [0.1, 0.15) is 47.2 Å². The number of nitrogens with zero attached hydrogens (tertiary/aromatic N) is 2. The number of allylic oxidation sites excluding steroid dienone is 1. The van der Waals surface area contributed by atoms with Crippen molar-refractivity contribution >= 4 is 40.4 Å². The molecule has 1 saturated heterocycles. The van der Waals surface area contributed by atoms with Crippen molar-refractivity contribution in [3.63, 3.8) is 0 Å². The molecule has 1 fully saturated rings. The Bertz CT molecular complexity index is 1310. The van der Waals surface area contributed by atoms with E-state index >= 15 is 4.39 Å². The summed E-state index contributed by atoms with van der Waals surface area (Å²) in [5.74, 6) is -0.359. The van der Waals surface area contributed by atoms with Crippen LogP contribution in [-0.4, -0.2) is 36.2 Å². The van der Waals surface area contributed by atoms with Gasteiger partial charge in [0, 0.05) is 41.4 Å². The largest absolute Gasteiger partial charge is 0.295 e. The van der Waals surface area contributed by atoms with Crippen LogP contribution in [0.15, 0.2) is 60.3 Å². The van der Waals surface area contributed by atoms with Crippen molar-refractivity contribution in [2.24, 2.45) is 0 Å². The zero-order valence-corrected chi connectivity index (χ0v) is 20.8. The van der Waals surface area contributed by atoms with E-state index < -0.39 is 0 Å². The normalized spacial score (nSPS) is 16.1. The summed E-state index contributed by atoms with van der Waals surface area (Å²) in [6, 6.07) is 15.2. The number of halogens is 4. The van der Waals surface area contributed by atoms with E-state index in [4.69, 9.17) is 23.2 Å². The van der Waals surface area contributed by atoms with Gasteiger partial charge in [0.15, 0.2) is 0 Å². The Kier molecular flexibility index (Phi) is 7.33. The van der Waals surface area contributed by atoms with Crippen molar-refractivity contribution in [3.8, 4) is 0 Å². The first kappa shape index (κ1) is 24.2. The van der Waals surface area contributed by atoms with Crippen molar-refractivity contribution in [2.75, 3.05) is 26.3 Å². The van der Waals surface area contributed by atoms with Crippen LogP contribution in [0.5, 0.6) is 0 Å².